The van der Waals surface area contributed by atoms with E-state index in [1.165, 1.54) is 36.4 Å². The summed E-state index contributed by atoms with van der Waals surface area (Å²) in [6.45, 7) is 0.0932. The van der Waals surface area contributed by atoms with Crippen LogP contribution < -0.4 is 15.2 Å². The minimum atomic E-state index is -0.491. The van der Waals surface area contributed by atoms with Gasteiger partial charge in [-0.05, 0) is 17.7 Å². The lowest BCUT2D eigenvalue weighted by atomic mass is 10.1. The van der Waals surface area contributed by atoms with Gasteiger partial charge in [0.1, 0.15) is 0 Å². The van der Waals surface area contributed by atoms with E-state index in [2.05, 4.69) is 0 Å². The zero-order chi connectivity index (χ0) is 16.4. The molecular weight excluding hydrogens is 300 g/mol. The molecule has 0 atom stereocenters. The van der Waals surface area contributed by atoms with E-state index in [9.17, 15) is 14.9 Å². The van der Waals surface area contributed by atoms with Crippen LogP contribution in [0.4, 0.5) is 11.4 Å². The Balaban J connectivity index is 1.84. The molecule has 1 heterocycles. The molecular formula is C16H12N2O5. The monoisotopic (exact) mass is 312 g/mol. The molecule has 2 aromatic rings. The first-order valence-corrected chi connectivity index (χ1v) is 6.70. The van der Waals surface area contributed by atoms with Gasteiger partial charge in [-0.1, -0.05) is 18.2 Å². The van der Waals surface area contributed by atoms with Crippen LogP contribution in [0.2, 0.25) is 0 Å². The smallest absolute Gasteiger partial charge is 0.270 e. The van der Waals surface area contributed by atoms with Crippen LogP contribution in [0, 0.1) is 10.1 Å². The van der Waals surface area contributed by atoms with Crippen LogP contribution in [0.3, 0.4) is 0 Å². The maximum atomic E-state index is 12.3. The average molecular weight is 312 g/mol. The number of nitro benzene ring substituents is 1. The molecule has 0 fully saturated rings. The lowest BCUT2D eigenvalue weighted by Gasteiger charge is -2.04. The van der Waals surface area contributed by atoms with Crippen LogP contribution in [-0.2, 0) is 0 Å². The second kappa shape index (κ2) is 5.80. The molecule has 1 aliphatic heterocycles. The highest BCUT2D eigenvalue weighted by molar-refractivity contribution is 6.10. The third kappa shape index (κ3) is 2.98. The Morgan fingerprint density at radius 2 is 1.96 bits per heavy atom. The average Bonchev–Trinajstić information content (AvgIpc) is 2.99. The zero-order valence-corrected chi connectivity index (χ0v) is 11.9. The maximum absolute atomic E-state index is 12.3. The van der Waals surface area contributed by atoms with E-state index in [1.807, 2.05) is 0 Å². The molecule has 0 saturated carbocycles. The summed E-state index contributed by atoms with van der Waals surface area (Å²) in [5, 5.41) is 10.7. The lowest BCUT2D eigenvalue weighted by molar-refractivity contribution is -0.384. The van der Waals surface area contributed by atoms with Crippen LogP contribution in [0.25, 0.3) is 6.08 Å². The SMILES string of the molecule is Nc1cc2c(cc1C(=O)/C=C/c1cccc([N+](=O)[O-])c1)OCO2. The Bertz CT molecular complexity index is 829. The molecule has 0 aromatic heterocycles. The second-order valence-corrected chi connectivity index (χ2v) is 4.84. The quantitative estimate of drug-likeness (QED) is 0.306. The molecule has 7 heteroatoms. The van der Waals surface area contributed by atoms with Crippen LogP contribution >= 0.6 is 0 Å². The fourth-order valence-electron chi connectivity index (χ4n) is 2.17. The fourth-order valence-corrected chi connectivity index (χ4v) is 2.17. The number of hydrogen-bond donors (Lipinski definition) is 1. The Labute approximate surface area is 131 Å². The van der Waals surface area contributed by atoms with Gasteiger partial charge >= 0.3 is 0 Å². The van der Waals surface area contributed by atoms with Gasteiger partial charge in [0, 0.05) is 29.4 Å². The van der Waals surface area contributed by atoms with Crippen molar-refractivity contribution in [2.75, 3.05) is 12.5 Å². The molecule has 0 aliphatic carbocycles. The number of non-ortho nitro benzene ring substituents is 1. The van der Waals surface area contributed by atoms with E-state index in [0.29, 0.717) is 17.1 Å². The number of nitrogens with zero attached hydrogens (tertiary/aromatic N) is 1. The van der Waals surface area contributed by atoms with Crippen molar-refractivity contribution in [3.05, 3.63) is 63.7 Å². The van der Waals surface area contributed by atoms with E-state index >= 15 is 0 Å². The van der Waals surface area contributed by atoms with Gasteiger partial charge in [0.15, 0.2) is 17.3 Å². The van der Waals surface area contributed by atoms with Crippen LogP contribution in [0.5, 0.6) is 11.5 Å². The number of nitro groups is 1. The van der Waals surface area contributed by atoms with Crippen molar-refractivity contribution in [3.63, 3.8) is 0 Å². The van der Waals surface area contributed by atoms with Gasteiger partial charge in [-0.15, -0.1) is 0 Å². The molecule has 0 radical (unpaired) electrons. The number of hydrogen-bond acceptors (Lipinski definition) is 6. The number of nitrogens with two attached hydrogens (primary N) is 1. The predicted molar refractivity (Wildman–Crippen MR) is 83.4 cm³/mol. The normalized spacial score (nSPS) is 12.5. The molecule has 1 aliphatic rings. The third-order valence-corrected chi connectivity index (χ3v) is 3.32. The molecule has 0 spiro atoms. The Morgan fingerprint density at radius 1 is 1.22 bits per heavy atom. The summed E-state index contributed by atoms with van der Waals surface area (Å²) in [6.07, 6.45) is 2.81. The van der Waals surface area contributed by atoms with Crippen LogP contribution in [-0.4, -0.2) is 17.5 Å². The highest BCUT2D eigenvalue weighted by Crippen LogP contribution is 2.36. The minimum Gasteiger partial charge on any atom is -0.454 e. The van der Waals surface area contributed by atoms with Gasteiger partial charge in [0.25, 0.3) is 5.69 Å². The van der Waals surface area contributed by atoms with Crippen molar-refractivity contribution in [1.29, 1.82) is 0 Å². The van der Waals surface area contributed by atoms with E-state index in [0.717, 1.165) is 0 Å². The molecule has 23 heavy (non-hydrogen) atoms. The van der Waals surface area contributed by atoms with Crippen molar-refractivity contribution in [2.24, 2.45) is 0 Å². The van der Waals surface area contributed by atoms with Crippen molar-refractivity contribution in [1.82, 2.24) is 0 Å². The van der Waals surface area contributed by atoms with Gasteiger partial charge in [0.05, 0.1) is 4.92 Å². The maximum Gasteiger partial charge on any atom is 0.270 e. The number of allylic oxidation sites excluding steroid dienone is 1. The summed E-state index contributed by atoms with van der Waals surface area (Å²) in [5.74, 6) is 0.639. The Morgan fingerprint density at radius 3 is 2.70 bits per heavy atom. The van der Waals surface area contributed by atoms with Crippen molar-refractivity contribution in [3.8, 4) is 11.5 Å². The van der Waals surface area contributed by atoms with Crippen LogP contribution in [0.15, 0.2) is 42.5 Å². The molecule has 0 unspecified atom stereocenters. The first-order chi connectivity index (χ1) is 11.0. The summed E-state index contributed by atoms with van der Waals surface area (Å²) < 4.78 is 10.4. The number of benzene rings is 2. The van der Waals surface area contributed by atoms with E-state index in [1.54, 1.807) is 12.1 Å². The molecule has 0 amide bonds. The lowest BCUT2D eigenvalue weighted by Crippen LogP contribution is -2.00. The number of carbonyl (C=O) groups excluding carboxylic acids is 1. The fraction of sp³-hybridized carbons (Fsp3) is 0.0625. The van der Waals surface area contributed by atoms with E-state index in [4.69, 9.17) is 15.2 Å². The predicted octanol–water partition coefficient (Wildman–Crippen LogP) is 2.80. The number of carbonyl (C=O) groups is 1. The highest BCUT2D eigenvalue weighted by Gasteiger charge is 2.18. The van der Waals surface area contributed by atoms with Gasteiger partial charge in [-0.3, -0.25) is 14.9 Å². The van der Waals surface area contributed by atoms with E-state index < -0.39 is 4.92 Å². The second-order valence-electron chi connectivity index (χ2n) is 4.84. The third-order valence-electron chi connectivity index (χ3n) is 3.32. The molecule has 2 aromatic carbocycles. The van der Waals surface area contributed by atoms with Gasteiger partial charge in [-0.2, -0.15) is 0 Å². The Hall–Kier alpha value is -3.35. The van der Waals surface area contributed by atoms with Gasteiger partial charge in [0.2, 0.25) is 6.79 Å². The zero-order valence-electron chi connectivity index (χ0n) is 11.9. The minimum absolute atomic E-state index is 0.0396. The number of ether oxygens (including phenoxy) is 2. The summed E-state index contributed by atoms with van der Waals surface area (Å²) in [5.41, 5.74) is 6.92. The van der Waals surface area contributed by atoms with Crippen molar-refractivity contribution >= 4 is 23.2 Å². The first kappa shape index (κ1) is 14.6. The first-order valence-electron chi connectivity index (χ1n) is 6.70. The molecule has 0 bridgehead atoms. The number of rotatable bonds is 4. The van der Waals surface area contributed by atoms with Gasteiger partial charge in [-0.25, -0.2) is 0 Å². The molecule has 3 rings (SSSR count). The summed E-state index contributed by atoms with van der Waals surface area (Å²) in [6, 6.07) is 9.05. The Kier molecular flexibility index (Phi) is 3.68. The largest absolute Gasteiger partial charge is 0.454 e. The molecule has 2 N–H and O–H groups in total. The molecule has 116 valence electrons. The van der Waals surface area contributed by atoms with E-state index in [-0.39, 0.29) is 29.5 Å². The highest BCUT2D eigenvalue weighted by atomic mass is 16.7. The molecule has 7 nitrogen and oxygen atoms in total. The number of ketones is 1. The topological polar surface area (TPSA) is 105 Å². The standard InChI is InChI=1S/C16H12N2O5/c17-13-8-16-15(22-9-23-16)7-12(13)14(19)5-4-10-2-1-3-11(6-10)18(20)21/h1-8H,9,17H2/b5-4+. The van der Waals surface area contributed by atoms with Crippen LogP contribution in [0.1, 0.15) is 15.9 Å². The molecule has 0 saturated heterocycles. The summed E-state index contributed by atoms with van der Waals surface area (Å²) in [4.78, 5) is 22.5. The van der Waals surface area contributed by atoms with Crippen molar-refractivity contribution < 1.29 is 19.2 Å². The number of nitrogen functional groups attached to an aromatic ring is 1. The summed E-state index contributed by atoms with van der Waals surface area (Å²) in [7, 11) is 0. The number of fused-ring (bicyclic) bond motifs is 1. The van der Waals surface area contributed by atoms with Crippen molar-refractivity contribution in [2.45, 2.75) is 0 Å². The van der Waals surface area contributed by atoms with Gasteiger partial charge < -0.3 is 15.2 Å². The number of anilines is 1. The summed E-state index contributed by atoms with van der Waals surface area (Å²) >= 11 is 0.